The average molecular weight is 371 g/mol. The molecule has 5 nitrogen and oxygen atoms in total. The Labute approximate surface area is 156 Å². The predicted molar refractivity (Wildman–Crippen MR) is 104 cm³/mol. The van der Waals surface area contributed by atoms with E-state index in [9.17, 15) is 9.90 Å². The minimum Gasteiger partial charge on any atom is -0.449 e. The van der Waals surface area contributed by atoms with E-state index in [4.69, 9.17) is 16.3 Å². The molecule has 0 bridgehead atoms. The summed E-state index contributed by atoms with van der Waals surface area (Å²) in [4.78, 5) is 17.9. The average Bonchev–Trinajstić information content (AvgIpc) is 2.60. The molecule has 6 heteroatoms. The summed E-state index contributed by atoms with van der Waals surface area (Å²) in [5.41, 5.74) is 2.20. The topological polar surface area (TPSA) is 62.7 Å². The Balaban J connectivity index is 2.44. The van der Waals surface area contributed by atoms with E-state index < -0.39 is 6.16 Å². The van der Waals surface area contributed by atoms with Gasteiger partial charge in [-0.25, -0.2) is 9.78 Å². The summed E-state index contributed by atoms with van der Waals surface area (Å²) in [6.45, 7) is 4.00. The maximum Gasteiger partial charge on any atom is 0.511 e. The summed E-state index contributed by atoms with van der Waals surface area (Å²) in [5.74, 6) is 0.672. The number of hydrogen-bond donors (Lipinski definition) is 1. The summed E-state index contributed by atoms with van der Waals surface area (Å²) >= 11 is 6.19. The third-order valence-corrected chi connectivity index (χ3v) is 4.48. The van der Waals surface area contributed by atoms with Gasteiger partial charge in [0.05, 0.1) is 5.52 Å². The zero-order valence-corrected chi connectivity index (χ0v) is 15.5. The monoisotopic (exact) mass is 370 g/mol. The number of nitrogens with zero attached hydrogens (tertiary/aromatic N) is 2. The Morgan fingerprint density at radius 2 is 1.88 bits per heavy atom. The molecule has 0 aliphatic heterocycles. The number of fused-ring (bicyclic) bond motifs is 1. The lowest BCUT2D eigenvalue weighted by molar-refractivity contribution is 0.144. The second-order valence-electron chi connectivity index (χ2n) is 6.24. The van der Waals surface area contributed by atoms with Crippen molar-refractivity contribution < 1.29 is 14.6 Å². The van der Waals surface area contributed by atoms with Gasteiger partial charge in [0.25, 0.3) is 0 Å². The van der Waals surface area contributed by atoms with Crippen LogP contribution >= 0.6 is 11.6 Å². The molecule has 1 N–H and O–H groups in total. The molecular weight excluding hydrogens is 352 g/mol. The maximum atomic E-state index is 11.4. The van der Waals surface area contributed by atoms with Crippen molar-refractivity contribution >= 4 is 34.5 Å². The number of benzene rings is 2. The molecule has 0 saturated heterocycles. The molecule has 0 unspecified atom stereocenters. The van der Waals surface area contributed by atoms with Gasteiger partial charge in [-0.3, -0.25) is 0 Å². The second-order valence-corrected chi connectivity index (χ2v) is 6.68. The van der Waals surface area contributed by atoms with Crippen LogP contribution in [0.15, 0.2) is 48.5 Å². The Morgan fingerprint density at radius 1 is 1.19 bits per heavy atom. The summed E-state index contributed by atoms with van der Waals surface area (Å²) < 4.78 is 5.22. The molecule has 2 aromatic carbocycles. The minimum atomic E-state index is -1.39. The first-order valence-electron chi connectivity index (χ1n) is 8.20. The highest BCUT2D eigenvalue weighted by Crippen LogP contribution is 2.43. The third-order valence-electron chi connectivity index (χ3n) is 4.24. The van der Waals surface area contributed by atoms with Crippen molar-refractivity contribution in [3.05, 3.63) is 53.6 Å². The molecular formula is C20H19ClN2O3. The van der Waals surface area contributed by atoms with Crippen molar-refractivity contribution in [1.29, 1.82) is 0 Å². The number of aromatic nitrogens is 1. The van der Waals surface area contributed by atoms with Crippen LogP contribution in [-0.2, 0) is 0 Å². The fourth-order valence-corrected chi connectivity index (χ4v) is 2.94. The van der Waals surface area contributed by atoms with Gasteiger partial charge in [0.1, 0.15) is 0 Å². The zero-order valence-electron chi connectivity index (χ0n) is 14.7. The predicted octanol–water partition coefficient (Wildman–Crippen LogP) is 5.46. The highest BCUT2D eigenvalue weighted by atomic mass is 35.5. The lowest BCUT2D eigenvalue weighted by Gasteiger charge is -2.26. The van der Waals surface area contributed by atoms with E-state index in [0.717, 1.165) is 10.9 Å². The molecule has 0 radical (unpaired) electrons. The molecule has 26 heavy (non-hydrogen) atoms. The molecule has 0 saturated carbocycles. The van der Waals surface area contributed by atoms with E-state index in [1.54, 1.807) is 12.1 Å². The van der Waals surface area contributed by atoms with Crippen LogP contribution < -0.4 is 9.64 Å². The van der Waals surface area contributed by atoms with Crippen LogP contribution in [-0.4, -0.2) is 29.3 Å². The molecule has 0 amide bonds. The first-order valence-corrected chi connectivity index (χ1v) is 8.58. The van der Waals surface area contributed by atoms with Crippen LogP contribution in [0.1, 0.15) is 13.8 Å². The largest absolute Gasteiger partial charge is 0.511 e. The first-order chi connectivity index (χ1) is 12.4. The number of rotatable bonds is 4. The molecule has 1 heterocycles. The van der Waals surface area contributed by atoms with E-state index in [1.165, 1.54) is 0 Å². The van der Waals surface area contributed by atoms with Gasteiger partial charge in [-0.2, -0.15) is 0 Å². The summed E-state index contributed by atoms with van der Waals surface area (Å²) in [6.07, 6.45) is -1.39. The van der Waals surface area contributed by atoms with Crippen LogP contribution in [0.3, 0.4) is 0 Å². The van der Waals surface area contributed by atoms with Gasteiger partial charge in [-0.1, -0.05) is 41.9 Å². The van der Waals surface area contributed by atoms with Gasteiger partial charge < -0.3 is 14.7 Å². The smallest absolute Gasteiger partial charge is 0.449 e. The number of carbonyl (C=O) groups is 1. The van der Waals surface area contributed by atoms with Crippen LogP contribution in [0.2, 0.25) is 5.02 Å². The van der Waals surface area contributed by atoms with Crippen molar-refractivity contribution in [1.82, 2.24) is 4.98 Å². The van der Waals surface area contributed by atoms with Crippen LogP contribution in [0.25, 0.3) is 22.0 Å². The highest BCUT2D eigenvalue weighted by molar-refractivity contribution is 6.31. The van der Waals surface area contributed by atoms with Gasteiger partial charge in [-0.15, -0.1) is 0 Å². The van der Waals surface area contributed by atoms with Crippen molar-refractivity contribution in [2.75, 3.05) is 11.9 Å². The lowest BCUT2D eigenvalue weighted by atomic mass is 9.99. The number of halogens is 1. The lowest BCUT2D eigenvalue weighted by Crippen LogP contribution is -2.27. The zero-order chi connectivity index (χ0) is 18.8. The van der Waals surface area contributed by atoms with Crippen LogP contribution in [0.4, 0.5) is 10.6 Å². The Morgan fingerprint density at radius 3 is 2.50 bits per heavy atom. The van der Waals surface area contributed by atoms with Crippen molar-refractivity contribution in [2.24, 2.45) is 0 Å². The molecule has 3 rings (SSSR count). The van der Waals surface area contributed by atoms with Gasteiger partial charge >= 0.3 is 6.16 Å². The molecule has 3 aromatic rings. The summed E-state index contributed by atoms with van der Waals surface area (Å²) in [7, 11) is 1.86. The van der Waals surface area contributed by atoms with E-state index in [2.05, 4.69) is 4.98 Å². The molecule has 0 fully saturated rings. The number of anilines is 1. The maximum absolute atomic E-state index is 11.4. The molecule has 0 aliphatic carbocycles. The van der Waals surface area contributed by atoms with Crippen molar-refractivity contribution in [3.8, 4) is 16.9 Å². The third kappa shape index (κ3) is 3.44. The van der Waals surface area contributed by atoms with E-state index in [1.807, 2.05) is 62.2 Å². The Bertz CT molecular complexity index is 958. The molecule has 0 aliphatic rings. The van der Waals surface area contributed by atoms with Crippen molar-refractivity contribution in [2.45, 2.75) is 19.9 Å². The molecule has 0 atom stereocenters. The SMILES string of the molecule is CC(C)N(C)c1nc2ccc(Cl)cc2c(-c2ccccc2)c1OC(=O)O. The van der Waals surface area contributed by atoms with E-state index in [-0.39, 0.29) is 11.8 Å². The first kappa shape index (κ1) is 18.0. The fourth-order valence-electron chi connectivity index (χ4n) is 2.76. The van der Waals surface area contributed by atoms with Gasteiger partial charge in [0.2, 0.25) is 0 Å². The molecule has 0 spiro atoms. The second kappa shape index (κ2) is 7.22. The number of pyridine rings is 1. The van der Waals surface area contributed by atoms with Gasteiger partial charge in [0.15, 0.2) is 11.6 Å². The summed E-state index contributed by atoms with van der Waals surface area (Å²) in [6, 6.07) is 15.0. The van der Waals surface area contributed by atoms with E-state index >= 15 is 0 Å². The normalized spacial score (nSPS) is 11.0. The minimum absolute atomic E-state index is 0.104. The van der Waals surface area contributed by atoms with E-state index in [0.29, 0.717) is 21.9 Å². The highest BCUT2D eigenvalue weighted by Gasteiger charge is 2.24. The van der Waals surface area contributed by atoms with Crippen LogP contribution in [0, 0.1) is 0 Å². The fraction of sp³-hybridized carbons (Fsp3) is 0.200. The number of ether oxygens (including phenoxy) is 1. The standard InChI is InChI=1S/C20H19ClN2O3/c1-12(2)23(3)19-18(26-20(24)25)17(13-7-5-4-6-8-13)15-11-14(21)9-10-16(15)22-19/h4-12H,1-3H3,(H,24,25). The molecule has 134 valence electrons. The summed E-state index contributed by atoms with van der Waals surface area (Å²) in [5, 5.41) is 10.6. The number of hydrogen-bond acceptors (Lipinski definition) is 4. The van der Waals surface area contributed by atoms with Gasteiger partial charge in [-0.05, 0) is 37.6 Å². The van der Waals surface area contributed by atoms with Crippen LogP contribution in [0.5, 0.6) is 5.75 Å². The molecule has 1 aromatic heterocycles. The Kier molecular flexibility index (Phi) is 5.00. The Hall–Kier alpha value is -2.79. The van der Waals surface area contributed by atoms with Crippen molar-refractivity contribution in [3.63, 3.8) is 0 Å². The van der Waals surface area contributed by atoms with Gasteiger partial charge in [0, 0.05) is 29.1 Å². The number of carboxylic acid groups (broad SMARTS) is 1. The quantitative estimate of drug-likeness (QED) is 0.618.